The molecule has 0 aliphatic heterocycles. The van der Waals surface area contributed by atoms with Crippen LogP contribution < -0.4 is 4.74 Å². The standard InChI is InChI=1S/C16H12ClF3O3/c17-13-9-11(16(18,19)20)5-6-14(13)23-12-3-1-2-10(8-12)4-7-15(21)22/h1-3,5-6,8-9H,4,7H2,(H,21,22). The third-order valence-electron chi connectivity index (χ3n) is 3.01. The number of carbonyl (C=O) groups is 1. The van der Waals surface area contributed by atoms with Crippen LogP contribution in [0.25, 0.3) is 0 Å². The van der Waals surface area contributed by atoms with Gasteiger partial charge in [-0.1, -0.05) is 23.7 Å². The van der Waals surface area contributed by atoms with Crippen molar-refractivity contribution in [3.63, 3.8) is 0 Å². The molecule has 0 aliphatic rings. The van der Waals surface area contributed by atoms with E-state index in [0.29, 0.717) is 12.2 Å². The lowest BCUT2D eigenvalue weighted by Gasteiger charge is -2.11. The average Bonchev–Trinajstić information content (AvgIpc) is 2.46. The van der Waals surface area contributed by atoms with Gasteiger partial charge in [-0.15, -0.1) is 0 Å². The van der Waals surface area contributed by atoms with Gasteiger partial charge in [0, 0.05) is 6.42 Å². The number of halogens is 4. The van der Waals surface area contributed by atoms with Crippen molar-refractivity contribution in [3.8, 4) is 11.5 Å². The molecule has 7 heteroatoms. The molecule has 0 amide bonds. The van der Waals surface area contributed by atoms with Gasteiger partial charge < -0.3 is 9.84 Å². The Labute approximate surface area is 135 Å². The maximum atomic E-state index is 12.6. The van der Waals surface area contributed by atoms with Crippen molar-refractivity contribution >= 4 is 17.6 Å². The zero-order valence-corrected chi connectivity index (χ0v) is 12.5. The molecule has 1 N–H and O–H groups in total. The molecule has 0 bridgehead atoms. The highest BCUT2D eigenvalue weighted by Crippen LogP contribution is 2.36. The Balaban J connectivity index is 2.16. The van der Waals surface area contributed by atoms with Crippen LogP contribution in [0, 0.1) is 0 Å². The Morgan fingerprint density at radius 1 is 1.17 bits per heavy atom. The largest absolute Gasteiger partial charge is 0.481 e. The predicted molar refractivity (Wildman–Crippen MR) is 78.9 cm³/mol. The lowest BCUT2D eigenvalue weighted by atomic mass is 10.1. The minimum Gasteiger partial charge on any atom is -0.481 e. The van der Waals surface area contributed by atoms with Crippen LogP contribution in [0.4, 0.5) is 13.2 Å². The van der Waals surface area contributed by atoms with E-state index in [0.717, 1.165) is 23.8 Å². The van der Waals surface area contributed by atoms with E-state index in [1.54, 1.807) is 24.3 Å². The molecule has 0 unspecified atom stereocenters. The molecule has 0 spiro atoms. The quantitative estimate of drug-likeness (QED) is 0.814. The van der Waals surface area contributed by atoms with Gasteiger partial charge in [-0.3, -0.25) is 4.79 Å². The van der Waals surface area contributed by atoms with E-state index in [1.165, 1.54) is 0 Å². The highest BCUT2D eigenvalue weighted by molar-refractivity contribution is 6.32. The van der Waals surface area contributed by atoms with Gasteiger partial charge in [0.1, 0.15) is 11.5 Å². The van der Waals surface area contributed by atoms with E-state index >= 15 is 0 Å². The topological polar surface area (TPSA) is 46.5 Å². The molecule has 3 nitrogen and oxygen atoms in total. The smallest absolute Gasteiger partial charge is 0.416 e. The third-order valence-corrected chi connectivity index (χ3v) is 3.31. The number of alkyl halides is 3. The Morgan fingerprint density at radius 3 is 2.52 bits per heavy atom. The van der Waals surface area contributed by atoms with Crippen molar-refractivity contribution in [1.82, 2.24) is 0 Å². The fourth-order valence-electron chi connectivity index (χ4n) is 1.90. The Bertz CT molecular complexity index is 714. The molecule has 0 aliphatic carbocycles. The van der Waals surface area contributed by atoms with Gasteiger partial charge in [0.25, 0.3) is 0 Å². The van der Waals surface area contributed by atoms with Crippen LogP contribution >= 0.6 is 11.6 Å². The van der Waals surface area contributed by atoms with E-state index in [2.05, 4.69) is 0 Å². The Kier molecular flexibility index (Phi) is 5.15. The minimum atomic E-state index is -4.47. The summed E-state index contributed by atoms with van der Waals surface area (Å²) in [4.78, 5) is 10.6. The SMILES string of the molecule is O=C(O)CCc1cccc(Oc2ccc(C(F)(F)F)cc2Cl)c1. The summed E-state index contributed by atoms with van der Waals surface area (Å²) in [5.41, 5.74) is -0.113. The van der Waals surface area contributed by atoms with Crippen molar-refractivity contribution in [2.24, 2.45) is 0 Å². The maximum Gasteiger partial charge on any atom is 0.416 e. The first-order valence-electron chi connectivity index (χ1n) is 6.61. The molecule has 23 heavy (non-hydrogen) atoms. The van der Waals surface area contributed by atoms with E-state index in [-0.39, 0.29) is 17.2 Å². The first-order chi connectivity index (χ1) is 10.8. The fraction of sp³-hybridized carbons (Fsp3) is 0.188. The summed E-state index contributed by atoms with van der Waals surface area (Å²) in [6, 6.07) is 9.47. The first kappa shape index (κ1) is 17.1. The zero-order valence-electron chi connectivity index (χ0n) is 11.7. The van der Waals surface area contributed by atoms with Crippen molar-refractivity contribution in [1.29, 1.82) is 0 Å². The minimum absolute atomic E-state index is 0.0233. The molecule has 2 rings (SSSR count). The summed E-state index contributed by atoms with van der Waals surface area (Å²) in [7, 11) is 0. The van der Waals surface area contributed by atoms with E-state index in [4.69, 9.17) is 21.4 Å². The van der Waals surface area contributed by atoms with Gasteiger partial charge in [-0.2, -0.15) is 13.2 Å². The molecule has 0 saturated carbocycles. The van der Waals surface area contributed by atoms with Gasteiger partial charge in [0.15, 0.2) is 0 Å². The normalized spacial score (nSPS) is 11.3. The van der Waals surface area contributed by atoms with Crippen molar-refractivity contribution in [2.75, 3.05) is 0 Å². The summed E-state index contributed by atoms with van der Waals surface area (Å²) in [5.74, 6) is -0.452. The summed E-state index contributed by atoms with van der Waals surface area (Å²) in [6.45, 7) is 0. The molecule has 0 aromatic heterocycles. The third kappa shape index (κ3) is 4.89. The first-order valence-corrected chi connectivity index (χ1v) is 6.99. The fourth-order valence-corrected chi connectivity index (χ4v) is 2.12. The number of hydrogen-bond donors (Lipinski definition) is 1. The predicted octanol–water partition coefficient (Wildman–Crippen LogP) is 5.17. The highest BCUT2D eigenvalue weighted by Gasteiger charge is 2.31. The number of rotatable bonds is 5. The number of aliphatic carboxylic acids is 1. The second-order valence-electron chi connectivity index (χ2n) is 4.79. The zero-order chi connectivity index (χ0) is 17.0. The highest BCUT2D eigenvalue weighted by atomic mass is 35.5. The molecular formula is C16H12ClF3O3. The maximum absolute atomic E-state index is 12.6. The monoisotopic (exact) mass is 344 g/mol. The molecular weight excluding hydrogens is 333 g/mol. The van der Waals surface area contributed by atoms with Crippen LogP contribution in [-0.2, 0) is 17.4 Å². The van der Waals surface area contributed by atoms with Crippen LogP contribution in [0.15, 0.2) is 42.5 Å². The van der Waals surface area contributed by atoms with Crippen LogP contribution in [0.5, 0.6) is 11.5 Å². The van der Waals surface area contributed by atoms with Crippen molar-refractivity contribution in [3.05, 3.63) is 58.6 Å². The molecule has 122 valence electrons. The second-order valence-corrected chi connectivity index (χ2v) is 5.19. The molecule has 0 fully saturated rings. The lowest BCUT2D eigenvalue weighted by Crippen LogP contribution is -2.04. The molecule has 0 radical (unpaired) electrons. The lowest BCUT2D eigenvalue weighted by molar-refractivity contribution is -0.138. The van der Waals surface area contributed by atoms with Crippen LogP contribution in [0.2, 0.25) is 5.02 Å². The van der Waals surface area contributed by atoms with Gasteiger partial charge in [-0.25, -0.2) is 0 Å². The van der Waals surface area contributed by atoms with Crippen LogP contribution in [0.3, 0.4) is 0 Å². The number of ether oxygens (including phenoxy) is 1. The number of aryl methyl sites for hydroxylation is 1. The number of benzene rings is 2. The number of carboxylic acids is 1. The van der Waals surface area contributed by atoms with Crippen molar-refractivity contribution in [2.45, 2.75) is 19.0 Å². The second kappa shape index (κ2) is 6.91. The van der Waals surface area contributed by atoms with Crippen molar-refractivity contribution < 1.29 is 27.8 Å². The number of carboxylic acid groups (broad SMARTS) is 1. The van der Waals surface area contributed by atoms with Gasteiger partial charge in [0.05, 0.1) is 10.6 Å². The van der Waals surface area contributed by atoms with Crippen LogP contribution in [-0.4, -0.2) is 11.1 Å². The molecule has 0 atom stereocenters. The van der Waals surface area contributed by atoms with Gasteiger partial charge in [-0.05, 0) is 42.3 Å². The Hall–Kier alpha value is -2.21. The molecule has 0 heterocycles. The van der Waals surface area contributed by atoms with E-state index in [1.807, 2.05) is 0 Å². The molecule has 2 aromatic rings. The Morgan fingerprint density at radius 2 is 1.91 bits per heavy atom. The van der Waals surface area contributed by atoms with Gasteiger partial charge in [0.2, 0.25) is 0 Å². The average molecular weight is 345 g/mol. The summed E-state index contributed by atoms with van der Waals surface area (Å²) < 4.78 is 43.2. The van der Waals surface area contributed by atoms with Gasteiger partial charge >= 0.3 is 12.1 Å². The van der Waals surface area contributed by atoms with E-state index < -0.39 is 17.7 Å². The summed E-state index contributed by atoms with van der Waals surface area (Å²) >= 11 is 5.83. The number of hydrogen-bond acceptors (Lipinski definition) is 2. The molecule has 0 saturated heterocycles. The summed E-state index contributed by atoms with van der Waals surface area (Å²) in [5, 5.41) is 8.51. The summed E-state index contributed by atoms with van der Waals surface area (Å²) in [6.07, 6.45) is -4.17. The molecule has 2 aromatic carbocycles. The van der Waals surface area contributed by atoms with Crippen LogP contribution in [0.1, 0.15) is 17.5 Å². The van der Waals surface area contributed by atoms with E-state index in [9.17, 15) is 18.0 Å².